The van der Waals surface area contributed by atoms with Crippen molar-refractivity contribution in [3.63, 3.8) is 0 Å². The number of ether oxygens (including phenoxy) is 1. The fourth-order valence-electron chi connectivity index (χ4n) is 0.358. The molecule has 1 aliphatic heterocycles. The maximum absolute atomic E-state index is 8.50. The lowest BCUT2D eigenvalue weighted by atomic mass is 10.6. The lowest BCUT2D eigenvalue weighted by Crippen LogP contribution is -2.02. The molecular formula is C4H4O2S. The Hall–Kier alpha value is -0.410. The van der Waals surface area contributed by atoms with E-state index in [4.69, 9.17) is 5.11 Å². The van der Waals surface area contributed by atoms with Gasteiger partial charge in [-0.25, -0.2) is 0 Å². The van der Waals surface area contributed by atoms with Gasteiger partial charge in [0.15, 0.2) is 5.05 Å². The third-order valence-corrected chi connectivity index (χ3v) is 0.866. The Morgan fingerprint density at radius 1 is 1.86 bits per heavy atom. The molecule has 38 valence electrons. The number of thiocarbonyl (C=S) groups is 1. The molecule has 2 nitrogen and oxygen atoms in total. The molecule has 3 heteroatoms. The van der Waals surface area contributed by atoms with E-state index in [2.05, 4.69) is 17.0 Å². The van der Waals surface area contributed by atoms with Gasteiger partial charge in [-0.2, -0.15) is 0 Å². The minimum Gasteiger partial charge on any atom is -0.451 e. The van der Waals surface area contributed by atoms with Gasteiger partial charge in [0.25, 0.3) is 0 Å². The third-order valence-electron chi connectivity index (χ3n) is 0.634. The van der Waals surface area contributed by atoms with E-state index in [9.17, 15) is 0 Å². The van der Waals surface area contributed by atoms with Gasteiger partial charge < -0.3 is 9.84 Å². The summed E-state index contributed by atoms with van der Waals surface area (Å²) < 4.78 is 4.54. The van der Waals surface area contributed by atoms with Gasteiger partial charge in [0.1, 0.15) is 0 Å². The standard InChI is InChI=1S/C4H4O2S/c5-3-1-2-4(7)6-3/h1-3,5H. The van der Waals surface area contributed by atoms with Crippen molar-refractivity contribution in [2.45, 2.75) is 6.29 Å². The van der Waals surface area contributed by atoms with E-state index in [1.54, 1.807) is 6.08 Å². The molecule has 0 spiro atoms. The van der Waals surface area contributed by atoms with Crippen molar-refractivity contribution in [1.29, 1.82) is 0 Å². The normalized spacial score (nSPS) is 28.1. The Bertz CT molecular complexity index is 119. The average molecular weight is 116 g/mol. The smallest absolute Gasteiger partial charge is 0.218 e. The molecular weight excluding hydrogens is 112 g/mol. The van der Waals surface area contributed by atoms with Crippen molar-refractivity contribution in [2.75, 3.05) is 0 Å². The van der Waals surface area contributed by atoms with E-state index in [1.807, 2.05) is 0 Å². The highest BCUT2D eigenvalue weighted by Gasteiger charge is 2.07. The zero-order valence-electron chi connectivity index (χ0n) is 3.50. The van der Waals surface area contributed by atoms with Crippen molar-refractivity contribution in [3.05, 3.63) is 12.2 Å². The Balaban J connectivity index is 2.58. The second-order valence-electron chi connectivity index (χ2n) is 1.19. The summed E-state index contributed by atoms with van der Waals surface area (Å²) in [5.74, 6) is 0. The minimum atomic E-state index is -0.799. The molecule has 1 rings (SSSR count). The summed E-state index contributed by atoms with van der Waals surface area (Å²) in [5.41, 5.74) is 0. The lowest BCUT2D eigenvalue weighted by molar-refractivity contribution is 0.0259. The first-order chi connectivity index (χ1) is 3.29. The van der Waals surface area contributed by atoms with Gasteiger partial charge in [-0.15, -0.1) is 0 Å². The molecule has 1 N–H and O–H groups in total. The van der Waals surface area contributed by atoms with Crippen LogP contribution in [-0.4, -0.2) is 16.4 Å². The molecule has 1 aliphatic rings. The van der Waals surface area contributed by atoms with Crippen LogP contribution in [0.1, 0.15) is 0 Å². The second kappa shape index (κ2) is 1.60. The van der Waals surface area contributed by atoms with Crippen molar-refractivity contribution in [1.82, 2.24) is 0 Å². The molecule has 0 saturated heterocycles. The predicted octanol–water partition coefficient (Wildman–Crippen LogP) is 0.219. The highest BCUT2D eigenvalue weighted by molar-refractivity contribution is 7.80. The molecule has 1 atom stereocenters. The van der Waals surface area contributed by atoms with Crippen LogP contribution >= 0.6 is 12.2 Å². The van der Waals surface area contributed by atoms with E-state index < -0.39 is 6.29 Å². The molecule has 7 heavy (non-hydrogen) atoms. The van der Waals surface area contributed by atoms with Crippen molar-refractivity contribution in [2.24, 2.45) is 0 Å². The van der Waals surface area contributed by atoms with Crippen LogP contribution in [0, 0.1) is 0 Å². The largest absolute Gasteiger partial charge is 0.451 e. The van der Waals surface area contributed by atoms with Gasteiger partial charge in [-0.1, -0.05) is 0 Å². The van der Waals surface area contributed by atoms with Crippen LogP contribution in [-0.2, 0) is 4.74 Å². The number of rotatable bonds is 0. The Morgan fingerprint density at radius 2 is 2.57 bits per heavy atom. The molecule has 0 bridgehead atoms. The maximum atomic E-state index is 8.50. The molecule has 0 aromatic rings. The fourth-order valence-corrected chi connectivity index (χ4v) is 0.536. The molecule has 1 unspecified atom stereocenters. The van der Waals surface area contributed by atoms with Crippen molar-refractivity contribution in [3.8, 4) is 0 Å². The Morgan fingerprint density at radius 3 is 2.71 bits per heavy atom. The summed E-state index contributed by atoms with van der Waals surface area (Å²) in [4.78, 5) is 0. The van der Waals surface area contributed by atoms with E-state index in [0.29, 0.717) is 5.05 Å². The first-order valence-electron chi connectivity index (χ1n) is 1.86. The zero-order valence-corrected chi connectivity index (χ0v) is 4.31. The van der Waals surface area contributed by atoms with E-state index in [-0.39, 0.29) is 0 Å². The van der Waals surface area contributed by atoms with E-state index in [0.717, 1.165) is 0 Å². The predicted molar refractivity (Wildman–Crippen MR) is 28.8 cm³/mol. The summed E-state index contributed by atoms with van der Waals surface area (Å²) in [7, 11) is 0. The van der Waals surface area contributed by atoms with Crippen LogP contribution < -0.4 is 0 Å². The molecule has 0 aromatic carbocycles. The summed E-state index contributed by atoms with van der Waals surface area (Å²) in [6, 6.07) is 0. The molecule has 0 fully saturated rings. The molecule has 1 heterocycles. The molecule has 0 radical (unpaired) electrons. The van der Waals surface area contributed by atoms with Crippen LogP contribution in [0.3, 0.4) is 0 Å². The number of hydrogen-bond acceptors (Lipinski definition) is 3. The van der Waals surface area contributed by atoms with Crippen LogP contribution in [0.25, 0.3) is 0 Å². The monoisotopic (exact) mass is 116 g/mol. The summed E-state index contributed by atoms with van der Waals surface area (Å²) >= 11 is 4.53. The van der Waals surface area contributed by atoms with Gasteiger partial charge in [0.05, 0.1) is 0 Å². The van der Waals surface area contributed by atoms with Gasteiger partial charge in [-0.3, -0.25) is 0 Å². The van der Waals surface area contributed by atoms with Gasteiger partial charge in [-0.05, 0) is 24.4 Å². The summed E-state index contributed by atoms with van der Waals surface area (Å²) in [6.45, 7) is 0. The topological polar surface area (TPSA) is 29.5 Å². The van der Waals surface area contributed by atoms with Gasteiger partial charge >= 0.3 is 0 Å². The summed E-state index contributed by atoms with van der Waals surface area (Å²) in [5, 5.41) is 8.86. The molecule has 0 aromatic heterocycles. The van der Waals surface area contributed by atoms with Crippen molar-refractivity contribution >= 4 is 17.3 Å². The van der Waals surface area contributed by atoms with Crippen LogP contribution in [0.2, 0.25) is 0 Å². The van der Waals surface area contributed by atoms with E-state index >= 15 is 0 Å². The quantitative estimate of drug-likeness (QED) is 0.459. The highest BCUT2D eigenvalue weighted by atomic mass is 32.1. The van der Waals surface area contributed by atoms with E-state index in [1.165, 1.54) is 6.08 Å². The zero-order chi connectivity index (χ0) is 5.28. The number of hydrogen-bond donors (Lipinski definition) is 1. The Kier molecular flexibility index (Phi) is 1.08. The lowest BCUT2D eigenvalue weighted by Gasteiger charge is -1.96. The Labute approximate surface area is 46.4 Å². The van der Waals surface area contributed by atoms with Gasteiger partial charge in [0, 0.05) is 0 Å². The minimum absolute atomic E-state index is 0.354. The van der Waals surface area contributed by atoms with Crippen LogP contribution in [0.15, 0.2) is 12.2 Å². The molecule has 0 saturated carbocycles. The first kappa shape index (κ1) is 4.74. The molecule has 0 amide bonds. The number of aliphatic hydroxyl groups is 1. The second-order valence-corrected chi connectivity index (χ2v) is 1.59. The SMILES string of the molecule is OC1C=CC(=S)O1. The van der Waals surface area contributed by atoms with Gasteiger partial charge in [0.2, 0.25) is 6.29 Å². The maximum Gasteiger partial charge on any atom is 0.218 e. The summed E-state index contributed by atoms with van der Waals surface area (Å²) in [6.07, 6.45) is 2.25. The fraction of sp³-hybridized carbons (Fsp3) is 0.250. The highest BCUT2D eigenvalue weighted by Crippen LogP contribution is 2.01. The van der Waals surface area contributed by atoms with Crippen LogP contribution in [0.4, 0.5) is 0 Å². The number of aliphatic hydroxyl groups excluding tert-OH is 1. The molecule has 0 aliphatic carbocycles. The third kappa shape index (κ3) is 0.976. The first-order valence-corrected chi connectivity index (χ1v) is 2.27. The van der Waals surface area contributed by atoms with Crippen LogP contribution in [0.5, 0.6) is 0 Å². The average Bonchev–Trinajstić information content (AvgIpc) is 1.87. The van der Waals surface area contributed by atoms with Crippen molar-refractivity contribution < 1.29 is 9.84 Å².